The average molecular weight is 368 g/mol. The lowest BCUT2D eigenvalue weighted by Crippen LogP contribution is -2.32. The average Bonchev–Trinajstić information content (AvgIpc) is 3.07. The smallest absolute Gasteiger partial charge is 0.163 e. The lowest BCUT2D eigenvalue weighted by atomic mass is 10.1. The summed E-state index contributed by atoms with van der Waals surface area (Å²) in [6, 6.07) is 13.1. The van der Waals surface area contributed by atoms with Gasteiger partial charge in [0, 0.05) is 47.7 Å². The summed E-state index contributed by atoms with van der Waals surface area (Å²) in [6.45, 7) is 1.26. The Balaban J connectivity index is 1.75. The maximum Gasteiger partial charge on any atom is 0.163 e. The van der Waals surface area contributed by atoms with Crippen LogP contribution in [0, 0.1) is 0 Å². The molecule has 0 spiro atoms. The first kappa shape index (κ1) is 16.9. The number of aliphatic hydroxyl groups is 1. The lowest BCUT2D eigenvalue weighted by Gasteiger charge is -2.17. The maximum atomic E-state index is 10.1. The Kier molecular flexibility index (Phi) is 4.79. The largest absolute Gasteiger partial charge is 0.390 e. The third-order valence-corrected chi connectivity index (χ3v) is 4.55. The molecule has 1 aromatic carbocycles. The maximum absolute atomic E-state index is 10.1. The van der Waals surface area contributed by atoms with Crippen LogP contribution in [0.25, 0.3) is 22.6 Å². The van der Waals surface area contributed by atoms with Crippen LogP contribution in [0.3, 0.4) is 0 Å². The molecule has 26 heavy (non-hydrogen) atoms. The molecule has 2 aromatic heterocycles. The summed E-state index contributed by atoms with van der Waals surface area (Å²) in [4.78, 5) is 13.5. The Morgan fingerprint density at radius 2 is 1.92 bits per heavy atom. The van der Waals surface area contributed by atoms with Crippen LogP contribution in [-0.4, -0.2) is 45.3 Å². The summed E-state index contributed by atoms with van der Waals surface area (Å²) in [5.41, 5.74) is 2.55. The molecule has 7 heteroatoms. The Morgan fingerprint density at radius 3 is 2.62 bits per heavy atom. The molecule has 6 nitrogen and oxygen atoms in total. The predicted molar refractivity (Wildman–Crippen MR) is 102 cm³/mol. The van der Waals surface area contributed by atoms with Gasteiger partial charge in [0.05, 0.1) is 17.8 Å². The third-order valence-electron chi connectivity index (χ3n) is 4.30. The van der Waals surface area contributed by atoms with Crippen molar-refractivity contribution in [1.82, 2.24) is 20.3 Å². The van der Waals surface area contributed by atoms with Gasteiger partial charge < -0.3 is 15.7 Å². The summed E-state index contributed by atoms with van der Waals surface area (Å²) in [6.07, 6.45) is 2.99. The van der Waals surface area contributed by atoms with Crippen LogP contribution in [0.2, 0.25) is 5.02 Å². The summed E-state index contributed by atoms with van der Waals surface area (Å²) >= 11 is 6.00. The fourth-order valence-corrected chi connectivity index (χ4v) is 3.04. The van der Waals surface area contributed by atoms with E-state index in [1.165, 1.54) is 0 Å². The monoisotopic (exact) mass is 367 g/mol. The van der Waals surface area contributed by atoms with Gasteiger partial charge in [-0.05, 0) is 24.3 Å². The Bertz CT molecular complexity index is 888. The molecule has 3 heterocycles. The third kappa shape index (κ3) is 3.67. The molecule has 132 valence electrons. The van der Waals surface area contributed by atoms with Gasteiger partial charge in [-0.1, -0.05) is 23.7 Å². The fourth-order valence-electron chi connectivity index (χ4n) is 2.92. The number of pyridine rings is 1. The minimum absolute atomic E-state index is 0.0929. The molecule has 1 aliphatic rings. The first-order valence-electron chi connectivity index (χ1n) is 8.40. The summed E-state index contributed by atoms with van der Waals surface area (Å²) < 4.78 is 0. The van der Waals surface area contributed by atoms with E-state index in [9.17, 15) is 5.11 Å². The molecular formula is C19H18ClN5O. The number of anilines is 1. The van der Waals surface area contributed by atoms with E-state index in [4.69, 9.17) is 11.6 Å². The molecule has 1 fully saturated rings. The van der Waals surface area contributed by atoms with E-state index in [0.717, 1.165) is 16.8 Å². The van der Waals surface area contributed by atoms with Crippen LogP contribution in [-0.2, 0) is 0 Å². The lowest BCUT2D eigenvalue weighted by molar-refractivity contribution is 0.185. The van der Waals surface area contributed by atoms with Gasteiger partial charge >= 0.3 is 0 Å². The number of rotatable bonds is 4. The van der Waals surface area contributed by atoms with Crippen molar-refractivity contribution in [3.8, 4) is 22.6 Å². The number of hydrogen-bond acceptors (Lipinski definition) is 6. The summed E-state index contributed by atoms with van der Waals surface area (Å²) in [5, 5.41) is 17.2. The minimum Gasteiger partial charge on any atom is -0.390 e. The SMILES string of the molecule is O[C@@H]1CNC[C@@H]1Nc1cc(-c2ccc(Cl)cc2)nc(-c2cccnc2)n1. The van der Waals surface area contributed by atoms with Gasteiger partial charge in [0.15, 0.2) is 5.82 Å². The number of β-amino-alcohol motifs (C(OH)–C–C–N with tert-alkyl or cyclic N) is 1. The predicted octanol–water partition coefficient (Wildman–Crippen LogP) is 2.60. The first-order chi connectivity index (χ1) is 12.7. The molecule has 0 unspecified atom stereocenters. The van der Waals surface area contributed by atoms with Crippen molar-refractivity contribution in [3.63, 3.8) is 0 Å². The van der Waals surface area contributed by atoms with Gasteiger partial charge in [0.2, 0.25) is 0 Å². The summed E-state index contributed by atoms with van der Waals surface area (Å²) in [7, 11) is 0. The van der Waals surface area contributed by atoms with Crippen LogP contribution in [0.5, 0.6) is 0 Å². The van der Waals surface area contributed by atoms with Crippen molar-refractivity contribution < 1.29 is 5.11 Å². The number of nitrogens with one attached hydrogen (secondary N) is 2. The van der Waals surface area contributed by atoms with E-state index < -0.39 is 6.10 Å². The van der Waals surface area contributed by atoms with Crippen molar-refractivity contribution >= 4 is 17.4 Å². The Morgan fingerprint density at radius 1 is 1.08 bits per heavy atom. The zero-order valence-corrected chi connectivity index (χ0v) is 14.7. The van der Waals surface area contributed by atoms with E-state index in [-0.39, 0.29) is 6.04 Å². The second-order valence-corrected chi connectivity index (χ2v) is 6.62. The van der Waals surface area contributed by atoms with Crippen LogP contribution in [0.15, 0.2) is 54.9 Å². The molecule has 3 N–H and O–H groups in total. The van der Waals surface area contributed by atoms with E-state index in [1.54, 1.807) is 12.4 Å². The quantitative estimate of drug-likeness (QED) is 0.657. The first-order valence-corrected chi connectivity index (χ1v) is 8.77. The van der Waals surface area contributed by atoms with Gasteiger partial charge in [0.1, 0.15) is 5.82 Å². The van der Waals surface area contributed by atoms with E-state index in [2.05, 4.69) is 25.6 Å². The number of hydrogen-bond donors (Lipinski definition) is 3. The van der Waals surface area contributed by atoms with Crippen molar-refractivity contribution in [2.45, 2.75) is 12.1 Å². The molecular weight excluding hydrogens is 350 g/mol. The van der Waals surface area contributed by atoms with Gasteiger partial charge in [0.25, 0.3) is 0 Å². The number of benzene rings is 1. The molecule has 2 atom stereocenters. The highest BCUT2D eigenvalue weighted by Gasteiger charge is 2.25. The number of aliphatic hydroxyl groups excluding tert-OH is 1. The molecule has 4 rings (SSSR count). The molecule has 0 amide bonds. The van der Waals surface area contributed by atoms with Crippen LogP contribution < -0.4 is 10.6 Å². The van der Waals surface area contributed by atoms with Crippen molar-refractivity contribution in [2.75, 3.05) is 18.4 Å². The van der Waals surface area contributed by atoms with Crippen LogP contribution in [0.4, 0.5) is 5.82 Å². The highest BCUT2D eigenvalue weighted by molar-refractivity contribution is 6.30. The number of nitrogens with zero attached hydrogens (tertiary/aromatic N) is 3. The van der Waals surface area contributed by atoms with E-state index in [1.807, 2.05) is 42.5 Å². The Hall–Kier alpha value is -2.54. The van der Waals surface area contributed by atoms with Crippen molar-refractivity contribution in [3.05, 3.63) is 59.9 Å². The van der Waals surface area contributed by atoms with Crippen LogP contribution >= 0.6 is 11.6 Å². The summed E-state index contributed by atoms with van der Waals surface area (Å²) in [5.74, 6) is 1.24. The Labute approximate surface area is 156 Å². The van der Waals surface area contributed by atoms with Gasteiger partial charge in [-0.3, -0.25) is 4.98 Å². The fraction of sp³-hybridized carbons (Fsp3) is 0.211. The molecule has 0 saturated carbocycles. The molecule has 1 aliphatic heterocycles. The minimum atomic E-state index is -0.453. The topological polar surface area (TPSA) is 83.0 Å². The molecule has 0 bridgehead atoms. The zero-order chi connectivity index (χ0) is 17.9. The van der Waals surface area contributed by atoms with Crippen molar-refractivity contribution in [2.24, 2.45) is 0 Å². The highest BCUT2D eigenvalue weighted by atomic mass is 35.5. The number of halogens is 1. The second kappa shape index (κ2) is 7.37. The molecule has 0 aliphatic carbocycles. The van der Waals surface area contributed by atoms with Gasteiger partial charge in [-0.15, -0.1) is 0 Å². The van der Waals surface area contributed by atoms with Crippen LogP contribution in [0.1, 0.15) is 0 Å². The second-order valence-electron chi connectivity index (χ2n) is 6.19. The zero-order valence-electron chi connectivity index (χ0n) is 13.9. The standard InChI is InChI=1S/C19H18ClN5O/c20-14-5-3-12(4-6-14)15-8-18(23-16-10-22-11-17(16)26)25-19(24-15)13-2-1-7-21-9-13/h1-9,16-17,22,26H,10-11H2,(H,23,24,25)/t16-,17+/m0/s1. The highest BCUT2D eigenvalue weighted by Crippen LogP contribution is 2.26. The van der Waals surface area contributed by atoms with Gasteiger partial charge in [-0.25, -0.2) is 9.97 Å². The normalized spacial score (nSPS) is 19.5. The van der Waals surface area contributed by atoms with Gasteiger partial charge in [-0.2, -0.15) is 0 Å². The van der Waals surface area contributed by atoms with E-state index >= 15 is 0 Å². The molecule has 1 saturated heterocycles. The molecule has 3 aromatic rings. The van der Waals surface area contributed by atoms with Crippen molar-refractivity contribution in [1.29, 1.82) is 0 Å². The molecule has 0 radical (unpaired) electrons. The number of aromatic nitrogens is 3. The van der Waals surface area contributed by atoms with E-state index in [0.29, 0.717) is 29.8 Å².